The van der Waals surface area contributed by atoms with Crippen molar-refractivity contribution >= 4 is 0 Å². The fourth-order valence-electron chi connectivity index (χ4n) is 15.1. The van der Waals surface area contributed by atoms with Crippen LogP contribution in [0.2, 0.25) is 0 Å². The lowest BCUT2D eigenvalue weighted by atomic mass is 9.77. The Balaban J connectivity index is 0.759. The molecule has 6 nitrogen and oxygen atoms in total. The van der Waals surface area contributed by atoms with Gasteiger partial charge in [-0.25, -0.2) is 0 Å². The highest BCUT2D eigenvalue weighted by Gasteiger charge is 2.40. The van der Waals surface area contributed by atoms with Crippen LogP contribution in [-0.2, 0) is 22.2 Å². The second-order valence-electron chi connectivity index (χ2n) is 25.9. The van der Waals surface area contributed by atoms with E-state index in [1.165, 1.54) is 92.4 Å². The topological polar surface area (TPSA) is 54.6 Å². The van der Waals surface area contributed by atoms with Crippen LogP contribution >= 0.6 is 0 Å². The summed E-state index contributed by atoms with van der Waals surface area (Å²) in [6, 6.07) is 132. The van der Waals surface area contributed by atoms with E-state index in [0.29, 0.717) is 0 Å². The van der Waals surface area contributed by atoms with E-state index in [0.717, 1.165) is 78.3 Å². The van der Waals surface area contributed by atoms with Gasteiger partial charge in [0, 0.05) is 52.4 Å². The van der Waals surface area contributed by atoms with Crippen LogP contribution in [0.15, 0.2) is 364 Å². The van der Waals surface area contributed by atoms with Gasteiger partial charge in [0.2, 0.25) is 0 Å². The first-order valence-electron chi connectivity index (χ1n) is 35.7. The molecule has 0 aliphatic rings. The third-order valence-electron chi connectivity index (χ3n) is 20.0. The zero-order chi connectivity index (χ0) is 66.7. The van der Waals surface area contributed by atoms with Crippen molar-refractivity contribution in [1.82, 2.24) is 31.1 Å². The summed E-state index contributed by atoms with van der Waals surface area (Å²) in [5, 5.41) is 17.0. The van der Waals surface area contributed by atoms with Gasteiger partial charge >= 0.3 is 0 Å². The lowest BCUT2D eigenvalue weighted by Crippen LogP contribution is -2.50. The Morgan fingerprint density at radius 2 is 0.276 bits per heavy atom. The third kappa shape index (κ3) is 16.2. The highest BCUT2D eigenvalue weighted by molar-refractivity contribution is 5.54. The van der Waals surface area contributed by atoms with Crippen molar-refractivity contribution in [3.8, 4) is 0 Å². The fraction of sp³-hybridized carbons (Fsp3) is 0.217. The average molecular weight is 1290 g/mol. The summed E-state index contributed by atoms with van der Waals surface area (Å²) in [4.78, 5) is 5.42. The largest absolute Gasteiger partial charge is 0.301 e. The van der Waals surface area contributed by atoms with E-state index in [2.05, 4.69) is 395 Å². The minimum absolute atomic E-state index is 0.548. The number of benzene rings is 12. The molecule has 0 aliphatic carbocycles. The molecule has 0 atom stereocenters. The van der Waals surface area contributed by atoms with Crippen LogP contribution in [-0.4, -0.2) is 75.2 Å². The molecule has 0 spiro atoms. The maximum absolute atomic E-state index is 4.24. The van der Waals surface area contributed by atoms with Gasteiger partial charge in [0.15, 0.2) is 0 Å². The summed E-state index contributed by atoms with van der Waals surface area (Å²) in [5.41, 5.74) is 12.6. The van der Waals surface area contributed by atoms with Crippen molar-refractivity contribution in [3.05, 3.63) is 431 Å². The van der Waals surface area contributed by atoms with Gasteiger partial charge in [0.25, 0.3) is 0 Å². The van der Waals surface area contributed by atoms with Crippen LogP contribution in [0.1, 0.15) is 105 Å². The Kier molecular flexibility index (Phi) is 24.5. The molecule has 0 aromatic heterocycles. The molecule has 0 saturated carbocycles. The van der Waals surface area contributed by atoms with Gasteiger partial charge in [-0.2, -0.15) is 0 Å². The second-order valence-corrected chi connectivity index (χ2v) is 25.9. The Morgan fingerprint density at radius 3 is 0.408 bits per heavy atom. The quantitative estimate of drug-likeness (QED) is 0.0230. The Labute approximate surface area is 584 Å². The monoisotopic (exact) mass is 1280 g/mol. The molecule has 0 heterocycles. The van der Waals surface area contributed by atoms with Crippen molar-refractivity contribution in [3.63, 3.8) is 0 Å². The molecule has 12 aromatic rings. The van der Waals surface area contributed by atoms with Gasteiger partial charge in [0.05, 0.1) is 22.2 Å². The number of hydrogen-bond acceptors (Lipinski definition) is 6. The summed E-state index contributed by atoms with van der Waals surface area (Å²) in [7, 11) is 0. The van der Waals surface area contributed by atoms with Gasteiger partial charge in [-0.05, 0) is 92.7 Å². The minimum atomic E-state index is -0.548. The number of unbranched alkanes of at least 4 members (excludes halogenated alkanes) is 5. The number of hydrogen-bond donors (Lipinski definition) is 4. The molecular formula is C92H96N6. The van der Waals surface area contributed by atoms with E-state index in [9.17, 15) is 0 Å². The van der Waals surface area contributed by atoms with Gasteiger partial charge in [-0.1, -0.05) is 390 Å². The van der Waals surface area contributed by atoms with E-state index in [4.69, 9.17) is 0 Å². The van der Waals surface area contributed by atoms with E-state index in [-0.39, 0.29) is 0 Å². The first kappa shape index (κ1) is 68.3. The highest BCUT2D eigenvalue weighted by Crippen LogP contribution is 2.41. The van der Waals surface area contributed by atoms with Gasteiger partial charge in [-0.15, -0.1) is 0 Å². The van der Waals surface area contributed by atoms with E-state index < -0.39 is 22.2 Å². The van der Waals surface area contributed by atoms with Gasteiger partial charge < -0.3 is 9.80 Å². The average Bonchev–Trinajstić information content (AvgIpc) is 0.786. The van der Waals surface area contributed by atoms with Gasteiger partial charge in [-0.3, -0.25) is 21.3 Å². The van der Waals surface area contributed by atoms with E-state index in [1.807, 2.05) is 0 Å². The minimum Gasteiger partial charge on any atom is -0.301 e. The third-order valence-corrected chi connectivity index (χ3v) is 20.0. The fourth-order valence-corrected chi connectivity index (χ4v) is 15.1. The summed E-state index contributed by atoms with van der Waals surface area (Å²) in [5.74, 6) is 0. The van der Waals surface area contributed by atoms with E-state index in [1.54, 1.807) is 0 Å². The molecule has 4 N–H and O–H groups in total. The predicted octanol–water partition coefficient (Wildman–Crippen LogP) is 18.3. The SMILES string of the molecule is c1ccc(C(NCCN(CCCCCCCCN(CCNC(c2ccccc2)(c2ccccc2)c2ccccc2)CCNC(c2ccccc2)(c2ccccc2)c2ccccc2)CCNC(c2ccccc2)(c2ccccc2)c2ccccc2)(c2ccccc2)c2ccccc2)cc1. The molecule has 0 unspecified atom stereocenters. The molecule has 0 radical (unpaired) electrons. The predicted molar refractivity (Wildman–Crippen MR) is 409 cm³/mol. The lowest BCUT2D eigenvalue weighted by molar-refractivity contribution is 0.247. The smallest absolute Gasteiger partial charge is 0.0948 e. The van der Waals surface area contributed by atoms with Crippen LogP contribution in [0, 0.1) is 0 Å². The normalized spacial score (nSPS) is 12.1. The standard InChI is InChI=1S/C92H96N6/c1(3-41-71-97(73-67-93-89(77-43-17-5-18-44-77,78-45-19-6-20-46-78)79-47-21-7-22-48-79)74-68-94-90(80-49-23-8-24-50-80,81-51-25-9-26-52-81)82-53-27-10-28-54-82)2-4-42-72-98(75-69-95-91(83-55-29-11-30-56-83,84-57-31-12-32-58-84)85-59-33-13-34-60-85)76-70-96-92(86-61-35-14-36-62-86,87-63-37-15-38-64-87)88-65-39-16-40-66-88/h5-40,43-66,93-96H,1-4,41-42,67-76H2. The van der Waals surface area contributed by atoms with Crippen molar-refractivity contribution in [1.29, 1.82) is 0 Å². The van der Waals surface area contributed by atoms with Crippen LogP contribution in [0.4, 0.5) is 0 Å². The van der Waals surface area contributed by atoms with Crippen molar-refractivity contribution in [2.24, 2.45) is 0 Å². The van der Waals surface area contributed by atoms with Crippen molar-refractivity contribution in [2.75, 3.05) is 65.4 Å². The van der Waals surface area contributed by atoms with Crippen LogP contribution in [0.5, 0.6) is 0 Å². The summed E-state index contributed by atoms with van der Waals surface area (Å²) >= 11 is 0. The molecule has 12 rings (SSSR count). The summed E-state index contributed by atoms with van der Waals surface area (Å²) in [6.45, 7) is 8.72. The van der Waals surface area contributed by atoms with Crippen LogP contribution in [0.25, 0.3) is 0 Å². The second kappa shape index (κ2) is 35.1. The molecule has 6 heteroatoms. The summed E-state index contributed by atoms with van der Waals surface area (Å²) < 4.78 is 0. The Bertz CT molecular complexity index is 3210. The molecule has 0 saturated heterocycles. The molecule has 12 aromatic carbocycles. The van der Waals surface area contributed by atoms with Gasteiger partial charge in [0.1, 0.15) is 0 Å². The maximum Gasteiger partial charge on any atom is 0.0948 e. The van der Waals surface area contributed by atoms with Crippen molar-refractivity contribution < 1.29 is 0 Å². The highest BCUT2D eigenvalue weighted by atomic mass is 15.2. The Hall–Kier alpha value is -9.60. The van der Waals surface area contributed by atoms with Crippen molar-refractivity contribution in [2.45, 2.75) is 60.7 Å². The maximum atomic E-state index is 4.24. The van der Waals surface area contributed by atoms with Crippen LogP contribution in [0.3, 0.4) is 0 Å². The van der Waals surface area contributed by atoms with E-state index >= 15 is 0 Å². The zero-order valence-electron chi connectivity index (χ0n) is 56.8. The molecular weight excluding hydrogens is 1190 g/mol. The molecule has 0 amide bonds. The number of nitrogens with one attached hydrogen (secondary N) is 4. The van der Waals surface area contributed by atoms with Crippen LogP contribution < -0.4 is 21.3 Å². The number of nitrogens with zero attached hydrogens (tertiary/aromatic N) is 2. The Morgan fingerprint density at radius 1 is 0.153 bits per heavy atom. The lowest BCUT2D eigenvalue weighted by Gasteiger charge is -2.39. The molecule has 494 valence electrons. The molecule has 0 bridgehead atoms. The summed E-state index contributed by atoms with van der Waals surface area (Å²) in [6.07, 6.45) is 7.02. The molecule has 0 aliphatic heterocycles. The first-order chi connectivity index (χ1) is 48.6. The molecule has 0 fully saturated rings. The number of rotatable bonds is 37. The first-order valence-corrected chi connectivity index (χ1v) is 35.7. The zero-order valence-corrected chi connectivity index (χ0v) is 56.8. The molecule has 98 heavy (non-hydrogen) atoms.